The van der Waals surface area contributed by atoms with E-state index in [-0.39, 0.29) is 5.91 Å². The lowest BCUT2D eigenvalue weighted by Crippen LogP contribution is -2.36. The molecule has 0 bridgehead atoms. The standard InChI is InChI=1S/C21H22N2O3/c1-3-26-18-7-4-14-8-9-23(13-16(14)10-18)21(24)20-11-15-5-6-17(25-2)12-19(15)22-20/h4-7,10-12,22H,3,8-9,13H2,1-2H3. The third-order valence-corrected chi connectivity index (χ3v) is 4.85. The van der Waals surface area contributed by atoms with Crippen LogP contribution in [-0.4, -0.2) is 36.1 Å². The third kappa shape index (κ3) is 3.01. The van der Waals surface area contributed by atoms with Gasteiger partial charge in [-0.1, -0.05) is 6.07 Å². The molecule has 0 saturated heterocycles. The highest BCUT2D eigenvalue weighted by Gasteiger charge is 2.23. The highest BCUT2D eigenvalue weighted by molar-refractivity contribution is 5.98. The van der Waals surface area contributed by atoms with Gasteiger partial charge in [-0.15, -0.1) is 0 Å². The highest BCUT2D eigenvalue weighted by atomic mass is 16.5. The van der Waals surface area contributed by atoms with Crippen LogP contribution in [0.25, 0.3) is 10.9 Å². The molecule has 1 aliphatic rings. The van der Waals surface area contributed by atoms with E-state index in [1.165, 1.54) is 5.56 Å². The first-order valence-corrected chi connectivity index (χ1v) is 8.88. The number of methoxy groups -OCH3 is 1. The fourth-order valence-corrected chi connectivity index (χ4v) is 3.48. The van der Waals surface area contributed by atoms with Crippen molar-refractivity contribution >= 4 is 16.8 Å². The predicted molar refractivity (Wildman–Crippen MR) is 101 cm³/mol. The summed E-state index contributed by atoms with van der Waals surface area (Å²) in [6, 6.07) is 13.8. The first-order chi connectivity index (χ1) is 12.7. The quantitative estimate of drug-likeness (QED) is 0.779. The number of amides is 1. The minimum atomic E-state index is 0.0210. The molecular weight excluding hydrogens is 328 g/mol. The number of carbonyl (C=O) groups excluding carboxylic acids is 1. The van der Waals surface area contributed by atoms with Crippen molar-refractivity contribution in [1.82, 2.24) is 9.88 Å². The van der Waals surface area contributed by atoms with Gasteiger partial charge in [0.25, 0.3) is 5.91 Å². The van der Waals surface area contributed by atoms with Crippen LogP contribution in [0.15, 0.2) is 42.5 Å². The van der Waals surface area contributed by atoms with Crippen LogP contribution in [-0.2, 0) is 13.0 Å². The van der Waals surface area contributed by atoms with E-state index in [4.69, 9.17) is 9.47 Å². The van der Waals surface area contributed by atoms with Crippen molar-refractivity contribution in [1.29, 1.82) is 0 Å². The maximum atomic E-state index is 13.0. The minimum Gasteiger partial charge on any atom is -0.497 e. The molecule has 0 fully saturated rings. The largest absolute Gasteiger partial charge is 0.497 e. The molecule has 0 spiro atoms. The first kappa shape index (κ1) is 16.5. The van der Waals surface area contributed by atoms with Crippen molar-refractivity contribution in [3.63, 3.8) is 0 Å². The molecule has 1 aromatic heterocycles. The summed E-state index contributed by atoms with van der Waals surface area (Å²) >= 11 is 0. The van der Waals surface area contributed by atoms with Crippen molar-refractivity contribution < 1.29 is 14.3 Å². The van der Waals surface area contributed by atoms with E-state index in [9.17, 15) is 4.79 Å². The monoisotopic (exact) mass is 350 g/mol. The van der Waals surface area contributed by atoms with E-state index in [1.807, 2.05) is 48.2 Å². The number of ether oxygens (including phenoxy) is 2. The Morgan fingerprint density at radius 3 is 2.77 bits per heavy atom. The van der Waals surface area contributed by atoms with E-state index in [1.54, 1.807) is 7.11 Å². The molecule has 134 valence electrons. The van der Waals surface area contributed by atoms with Gasteiger partial charge in [0.2, 0.25) is 0 Å². The van der Waals surface area contributed by atoms with Crippen molar-refractivity contribution in [2.45, 2.75) is 19.9 Å². The summed E-state index contributed by atoms with van der Waals surface area (Å²) in [6.07, 6.45) is 0.863. The van der Waals surface area contributed by atoms with Crippen LogP contribution in [0.3, 0.4) is 0 Å². The molecule has 3 aromatic rings. The number of aromatic nitrogens is 1. The zero-order valence-electron chi connectivity index (χ0n) is 15.0. The molecule has 0 aliphatic carbocycles. The molecule has 0 saturated carbocycles. The second-order valence-corrected chi connectivity index (χ2v) is 6.48. The molecule has 2 aromatic carbocycles. The Kier molecular flexibility index (Phi) is 4.29. The van der Waals surface area contributed by atoms with Gasteiger partial charge in [0.1, 0.15) is 17.2 Å². The van der Waals surface area contributed by atoms with Crippen LogP contribution in [0, 0.1) is 0 Å². The fourth-order valence-electron chi connectivity index (χ4n) is 3.48. The lowest BCUT2D eigenvalue weighted by atomic mass is 9.99. The number of rotatable bonds is 4. The average molecular weight is 350 g/mol. The number of fused-ring (bicyclic) bond motifs is 2. The summed E-state index contributed by atoms with van der Waals surface area (Å²) in [4.78, 5) is 18.1. The molecule has 4 rings (SSSR count). The van der Waals surface area contributed by atoms with Crippen LogP contribution >= 0.6 is 0 Å². The van der Waals surface area contributed by atoms with Gasteiger partial charge in [0, 0.05) is 30.1 Å². The maximum absolute atomic E-state index is 13.0. The minimum absolute atomic E-state index is 0.0210. The molecule has 0 radical (unpaired) electrons. The zero-order chi connectivity index (χ0) is 18.1. The zero-order valence-corrected chi connectivity index (χ0v) is 15.0. The lowest BCUT2D eigenvalue weighted by molar-refractivity contribution is 0.0729. The Morgan fingerprint density at radius 2 is 1.96 bits per heavy atom. The van der Waals surface area contributed by atoms with Gasteiger partial charge in [-0.3, -0.25) is 4.79 Å². The molecule has 5 nitrogen and oxygen atoms in total. The van der Waals surface area contributed by atoms with Crippen molar-refractivity contribution in [2.75, 3.05) is 20.3 Å². The second-order valence-electron chi connectivity index (χ2n) is 6.48. The number of hydrogen-bond donors (Lipinski definition) is 1. The lowest BCUT2D eigenvalue weighted by Gasteiger charge is -2.29. The van der Waals surface area contributed by atoms with Gasteiger partial charge in [-0.2, -0.15) is 0 Å². The van der Waals surface area contributed by atoms with Crippen LogP contribution in [0.1, 0.15) is 28.5 Å². The third-order valence-electron chi connectivity index (χ3n) is 4.85. The summed E-state index contributed by atoms with van der Waals surface area (Å²) in [5, 5.41) is 1.00. The average Bonchev–Trinajstić information content (AvgIpc) is 3.10. The fraction of sp³-hybridized carbons (Fsp3) is 0.286. The number of H-pyrrole nitrogens is 1. The summed E-state index contributed by atoms with van der Waals surface area (Å²) in [5.74, 6) is 1.65. The number of hydrogen-bond acceptors (Lipinski definition) is 3. The Hall–Kier alpha value is -2.95. The van der Waals surface area contributed by atoms with Gasteiger partial charge in [0.15, 0.2) is 0 Å². The second kappa shape index (κ2) is 6.75. The molecule has 2 heterocycles. The molecule has 26 heavy (non-hydrogen) atoms. The molecule has 1 aliphatic heterocycles. The smallest absolute Gasteiger partial charge is 0.270 e. The van der Waals surface area contributed by atoms with Gasteiger partial charge < -0.3 is 19.4 Å². The molecule has 0 unspecified atom stereocenters. The summed E-state index contributed by atoms with van der Waals surface area (Å²) in [6.45, 7) is 3.94. The van der Waals surface area contributed by atoms with Crippen molar-refractivity contribution in [2.24, 2.45) is 0 Å². The van der Waals surface area contributed by atoms with Gasteiger partial charge in [-0.25, -0.2) is 0 Å². The summed E-state index contributed by atoms with van der Waals surface area (Å²) in [5.41, 5.74) is 3.97. The SMILES string of the molecule is CCOc1ccc2c(c1)CN(C(=O)c1cc3ccc(OC)cc3[nH]1)CC2. The first-order valence-electron chi connectivity index (χ1n) is 8.88. The van der Waals surface area contributed by atoms with E-state index < -0.39 is 0 Å². The summed E-state index contributed by atoms with van der Waals surface area (Å²) in [7, 11) is 1.64. The van der Waals surface area contributed by atoms with Gasteiger partial charge >= 0.3 is 0 Å². The number of aromatic amines is 1. The normalized spacial score (nSPS) is 13.5. The number of nitrogens with zero attached hydrogens (tertiary/aromatic N) is 1. The topological polar surface area (TPSA) is 54.6 Å². The van der Waals surface area contributed by atoms with Crippen LogP contribution in [0.2, 0.25) is 0 Å². The number of nitrogens with one attached hydrogen (secondary N) is 1. The van der Waals surface area contributed by atoms with Gasteiger partial charge in [0.05, 0.1) is 13.7 Å². The van der Waals surface area contributed by atoms with E-state index in [2.05, 4.69) is 11.1 Å². The number of benzene rings is 2. The maximum Gasteiger partial charge on any atom is 0.270 e. The number of carbonyl (C=O) groups is 1. The molecule has 0 atom stereocenters. The molecule has 1 amide bonds. The van der Waals surface area contributed by atoms with Crippen molar-refractivity contribution in [3.05, 3.63) is 59.3 Å². The Morgan fingerprint density at radius 1 is 1.12 bits per heavy atom. The van der Waals surface area contributed by atoms with Gasteiger partial charge in [-0.05, 0) is 54.8 Å². The van der Waals surface area contributed by atoms with Crippen LogP contribution in [0.5, 0.6) is 11.5 Å². The Labute approximate surface area is 152 Å². The Balaban J connectivity index is 1.58. The van der Waals surface area contributed by atoms with E-state index in [0.29, 0.717) is 18.8 Å². The van der Waals surface area contributed by atoms with Crippen LogP contribution < -0.4 is 9.47 Å². The van der Waals surface area contributed by atoms with E-state index >= 15 is 0 Å². The molecular formula is C21H22N2O3. The molecule has 5 heteroatoms. The molecule has 1 N–H and O–H groups in total. The van der Waals surface area contributed by atoms with Crippen molar-refractivity contribution in [3.8, 4) is 11.5 Å². The predicted octanol–water partition coefficient (Wildman–Crippen LogP) is 3.77. The highest BCUT2D eigenvalue weighted by Crippen LogP contribution is 2.26. The van der Waals surface area contributed by atoms with Crippen LogP contribution in [0.4, 0.5) is 0 Å². The Bertz CT molecular complexity index is 961. The van der Waals surface area contributed by atoms with E-state index in [0.717, 1.165) is 40.9 Å². The summed E-state index contributed by atoms with van der Waals surface area (Å²) < 4.78 is 10.8.